The van der Waals surface area contributed by atoms with E-state index in [2.05, 4.69) is 18.3 Å². The van der Waals surface area contributed by atoms with Crippen LogP contribution in [-0.2, 0) is 6.54 Å². The summed E-state index contributed by atoms with van der Waals surface area (Å²) < 4.78 is 5.52. The van der Waals surface area contributed by atoms with Crippen molar-refractivity contribution in [2.24, 2.45) is 0 Å². The van der Waals surface area contributed by atoms with Gasteiger partial charge in [-0.05, 0) is 19.9 Å². The van der Waals surface area contributed by atoms with E-state index < -0.39 is 0 Å². The summed E-state index contributed by atoms with van der Waals surface area (Å²) in [5.41, 5.74) is 2.37. The van der Waals surface area contributed by atoms with Crippen LogP contribution in [0, 0.1) is 6.92 Å². The third kappa shape index (κ3) is 3.90. The molecule has 0 aliphatic rings. The Hall–Kier alpha value is -1.06. The predicted octanol–water partition coefficient (Wildman–Crippen LogP) is 1.48. The van der Waals surface area contributed by atoms with Crippen molar-refractivity contribution in [1.29, 1.82) is 0 Å². The largest absolute Gasteiger partial charge is 0.494 e. The van der Waals surface area contributed by atoms with E-state index in [9.17, 15) is 0 Å². The highest BCUT2D eigenvalue weighted by molar-refractivity contribution is 5.36. The Kier molecular flexibility index (Phi) is 5.15. The molecule has 0 bridgehead atoms. The van der Waals surface area contributed by atoms with E-state index in [1.807, 2.05) is 19.1 Å². The van der Waals surface area contributed by atoms with Crippen LogP contribution >= 0.6 is 0 Å². The van der Waals surface area contributed by atoms with Crippen LogP contribution in [0.2, 0.25) is 0 Å². The first kappa shape index (κ1) is 12.0. The third-order valence-electron chi connectivity index (χ3n) is 2.12. The Bertz CT molecular complexity index is 300. The van der Waals surface area contributed by atoms with Gasteiger partial charge in [0.05, 0.1) is 13.2 Å². The fourth-order valence-corrected chi connectivity index (χ4v) is 1.44. The quantitative estimate of drug-likeness (QED) is 0.697. The standard InChI is InChI=1S/C12H19NO2/c1-3-15-12-5-4-10(2)8-11(12)9-13-6-7-14/h4-5,8,13-14H,3,6-7,9H2,1-2H3. The van der Waals surface area contributed by atoms with Crippen LogP contribution < -0.4 is 10.1 Å². The Labute approximate surface area is 91.1 Å². The number of benzene rings is 1. The first-order valence-electron chi connectivity index (χ1n) is 5.31. The van der Waals surface area contributed by atoms with Gasteiger partial charge < -0.3 is 15.2 Å². The van der Waals surface area contributed by atoms with Gasteiger partial charge in [0, 0.05) is 18.7 Å². The van der Waals surface area contributed by atoms with E-state index in [0.717, 1.165) is 17.9 Å². The molecule has 0 aromatic heterocycles. The predicted molar refractivity (Wildman–Crippen MR) is 61.1 cm³/mol. The molecule has 2 N–H and O–H groups in total. The van der Waals surface area contributed by atoms with E-state index in [0.29, 0.717) is 13.2 Å². The highest BCUT2D eigenvalue weighted by Gasteiger charge is 2.02. The van der Waals surface area contributed by atoms with Crippen molar-refractivity contribution in [2.45, 2.75) is 20.4 Å². The molecule has 84 valence electrons. The van der Waals surface area contributed by atoms with Gasteiger partial charge in [0.15, 0.2) is 0 Å². The molecule has 1 aromatic carbocycles. The Morgan fingerprint density at radius 2 is 2.20 bits per heavy atom. The number of aliphatic hydroxyl groups excluding tert-OH is 1. The van der Waals surface area contributed by atoms with Crippen LogP contribution in [0.4, 0.5) is 0 Å². The zero-order chi connectivity index (χ0) is 11.1. The Morgan fingerprint density at radius 3 is 2.87 bits per heavy atom. The van der Waals surface area contributed by atoms with Crippen molar-refractivity contribution in [2.75, 3.05) is 19.8 Å². The summed E-state index contributed by atoms with van der Waals surface area (Å²) in [4.78, 5) is 0. The van der Waals surface area contributed by atoms with Gasteiger partial charge in [0.1, 0.15) is 5.75 Å². The second-order valence-electron chi connectivity index (χ2n) is 3.44. The maximum atomic E-state index is 8.68. The maximum absolute atomic E-state index is 8.68. The SMILES string of the molecule is CCOc1ccc(C)cc1CNCCO. The normalized spacial score (nSPS) is 10.3. The van der Waals surface area contributed by atoms with Gasteiger partial charge in [-0.15, -0.1) is 0 Å². The average Bonchev–Trinajstić information content (AvgIpc) is 2.22. The third-order valence-corrected chi connectivity index (χ3v) is 2.12. The number of hydrogen-bond donors (Lipinski definition) is 2. The smallest absolute Gasteiger partial charge is 0.123 e. The van der Waals surface area contributed by atoms with Crippen molar-refractivity contribution in [3.63, 3.8) is 0 Å². The maximum Gasteiger partial charge on any atom is 0.123 e. The van der Waals surface area contributed by atoms with Crippen LogP contribution in [0.25, 0.3) is 0 Å². The van der Waals surface area contributed by atoms with Crippen molar-refractivity contribution in [1.82, 2.24) is 5.32 Å². The molecule has 0 saturated carbocycles. The van der Waals surface area contributed by atoms with E-state index in [1.54, 1.807) is 0 Å². The van der Waals surface area contributed by atoms with Gasteiger partial charge in [0.25, 0.3) is 0 Å². The van der Waals surface area contributed by atoms with Gasteiger partial charge in [0.2, 0.25) is 0 Å². The van der Waals surface area contributed by atoms with Crippen LogP contribution in [0.5, 0.6) is 5.75 Å². The van der Waals surface area contributed by atoms with Crippen LogP contribution in [0.1, 0.15) is 18.1 Å². The summed E-state index contributed by atoms with van der Waals surface area (Å²) >= 11 is 0. The van der Waals surface area contributed by atoms with Crippen molar-refractivity contribution in [3.8, 4) is 5.75 Å². The van der Waals surface area contributed by atoms with E-state index in [-0.39, 0.29) is 6.61 Å². The number of aliphatic hydroxyl groups is 1. The zero-order valence-electron chi connectivity index (χ0n) is 9.42. The molecule has 1 rings (SSSR count). The number of ether oxygens (including phenoxy) is 1. The molecule has 0 atom stereocenters. The van der Waals surface area contributed by atoms with E-state index >= 15 is 0 Å². The van der Waals surface area contributed by atoms with Crippen LogP contribution in [0.15, 0.2) is 18.2 Å². The Balaban J connectivity index is 2.68. The second kappa shape index (κ2) is 6.43. The minimum atomic E-state index is 0.162. The number of aryl methyl sites for hydroxylation is 1. The minimum absolute atomic E-state index is 0.162. The minimum Gasteiger partial charge on any atom is -0.494 e. The lowest BCUT2D eigenvalue weighted by molar-refractivity contribution is 0.290. The number of rotatable bonds is 6. The topological polar surface area (TPSA) is 41.5 Å². The molecular formula is C12H19NO2. The summed E-state index contributed by atoms with van der Waals surface area (Å²) in [5.74, 6) is 0.925. The van der Waals surface area contributed by atoms with Gasteiger partial charge >= 0.3 is 0 Å². The van der Waals surface area contributed by atoms with Gasteiger partial charge in [-0.1, -0.05) is 17.7 Å². The zero-order valence-corrected chi connectivity index (χ0v) is 9.42. The van der Waals surface area contributed by atoms with Gasteiger partial charge in [-0.3, -0.25) is 0 Å². The Morgan fingerprint density at radius 1 is 1.40 bits per heavy atom. The molecule has 0 saturated heterocycles. The average molecular weight is 209 g/mol. The lowest BCUT2D eigenvalue weighted by Crippen LogP contribution is -2.18. The molecule has 0 aliphatic heterocycles. The first-order chi connectivity index (χ1) is 7.27. The number of hydrogen-bond acceptors (Lipinski definition) is 3. The molecule has 0 radical (unpaired) electrons. The highest BCUT2D eigenvalue weighted by atomic mass is 16.5. The molecule has 3 heteroatoms. The summed E-state index contributed by atoms with van der Waals surface area (Å²) in [7, 11) is 0. The monoisotopic (exact) mass is 209 g/mol. The molecular weight excluding hydrogens is 190 g/mol. The summed E-state index contributed by atoms with van der Waals surface area (Å²) in [6.45, 7) is 6.22. The molecule has 0 unspecified atom stereocenters. The second-order valence-corrected chi connectivity index (χ2v) is 3.44. The fraction of sp³-hybridized carbons (Fsp3) is 0.500. The van der Waals surface area contributed by atoms with Gasteiger partial charge in [-0.25, -0.2) is 0 Å². The lowest BCUT2D eigenvalue weighted by atomic mass is 10.1. The molecule has 1 aromatic rings. The lowest BCUT2D eigenvalue weighted by Gasteiger charge is -2.11. The summed E-state index contributed by atoms with van der Waals surface area (Å²) in [6, 6.07) is 6.14. The van der Waals surface area contributed by atoms with E-state index in [1.165, 1.54) is 5.56 Å². The van der Waals surface area contributed by atoms with Gasteiger partial charge in [-0.2, -0.15) is 0 Å². The highest BCUT2D eigenvalue weighted by Crippen LogP contribution is 2.19. The molecule has 0 spiro atoms. The number of nitrogens with one attached hydrogen (secondary N) is 1. The summed E-state index contributed by atoms with van der Waals surface area (Å²) in [6.07, 6.45) is 0. The van der Waals surface area contributed by atoms with Crippen LogP contribution in [-0.4, -0.2) is 24.9 Å². The first-order valence-corrected chi connectivity index (χ1v) is 5.31. The molecule has 15 heavy (non-hydrogen) atoms. The van der Waals surface area contributed by atoms with Crippen molar-refractivity contribution in [3.05, 3.63) is 29.3 Å². The summed E-state index contributed by atoms with van der Waals surface area (Å²) in [5, 5.41) is 11.8. The molecule has 0 amide bonds. The van der Waals surface area contributed by atoms with Crippen molar-refractivity contribution >= 4 is 0 Å². The van der Waals surface area contributed by atoms with Crippen molar-refractivity contribution < 1.29 is 9.84 Å². The molecule has 3 nitrogen and oxygen atoms in total. The molecule has 0 aliphatic carbocycles. The van der Waals surface area contributed by atoms with E-state index in [4.69, 9.17) is 9.84 Å². The fourth-order valence-electron chi connectivity index (χ4n) is 1.44. The van der Waals surface area contributed by atoms with Crippen LogP contribution in [0.3, 0.4) is 0 Å². The molecule has 0 heterocycles. The molecule has 0 fully saturated rings.